The van der Waals surface area contributed by atoms with Gasteiger partial charge in [0, 0.05) is 26.3 Å². The summed E-state index contributed by atoms with van der Waals surface area (Å²) < 4.78 is 5.14. The molecule has 3 nitrogen and oxygen atoms in total. The van der Waals surface area contributed by atoms with Crippen LogP contribution in [0.1, 0.15) is 46.0 Å². The Hall–Kier alpha value is -0.120. The van der Waals surface area contributed by atoms with Gasteiger partial charge in [0.2, 0.25) is 0 Å². The summed E-state index contributed by atoms with van der Waals surface area (Å²) in [6, 6.07) is 0.462. The largest absolute Gasteiger partial charge is 0.385 e. The monoisotopic (exact) mass is 242 g/mol. The average molecular weight is 242 g/mol. The molecule has 0 amide bonds. The van der Waals surface area contributed by atoms with E-state index in [1.807, 2.05) is 0 Å². The summed E-state index contributed by atoms with van der Waals surface area (Å²) in [5.41, 5.74) is 6.25. The third kappa shape index (κ3) is 6.39. The van der Waals surface area contributed by atoms with E-state index >= 15 is 0 Å². The maximum atomic E-state index is 5.92. The van der Waals surface area contributed by atoms with Gasteiger partial charge >= 0.3 is 0 Å². The molecule has 0 aromatic heterocycles. The Morgan fingerprint density at radius 1 is 1.24 bits per heavy atom. The molecule has 0 heterocycles. The molecule has 1 saturated carbocycles. The van der Waals surface area contributed by atoms with E-state index in [-0.39, 0.29) is 0 Å². The Balaban J connectivity index is 2.10. The quantitative estimate of drug-likeness (QED) is 0.719. The second-order valence-corrected chi connectivity index (χ2v) is 6.32. The van der Waals surface area contributed by atoms with Crippen molar-refractivity contribution in [2.75, 3.05) is 26.8 Å². The van der Waals surface area contributed by atoms with Crippen LogP contribution in [-0.4, -0.2) is 32.8 Å². The molecule has 0 aromatic rings. The van der Waals surface area contributed by atoms with Crippen molar-refractivity contribution in [2.45, 2.75) is 52.0 Å². The molecular weight excluding hydrogens is 212 g/mol. The van der Waals surface area contributed by atoms with E-state index in [2.05, 4.69) is 19.2 Å². The molecule has 1 aliphatic rings. The summed E-state index contributed by atoms with van der Waals surface area (Å²) in [4.78, 5) is 0. The maximum absolute atomic E-state index is 5.92. The van der Waals surface area contributed by atoms with Crippen LogP contribution < -0.4 is 11.1 Å². The summed E-state index contributed by atoms with van der Waals surface area (Å²) in [5, 5.41) is 3.62. The van der Waals surface area contributed by atoms with Crippen LogP contribution in [0.3, 0.4) is 0 Å². The molecule has 0 unspecified atom stereocenters. The molecule has 0 saturated heterocycles. The van der Waals surface area contributed by atoms with E-state index in [0.29, 0.717) is 11.5 Å². The number of ether oxygens (including phenoxy) is 1. The molecular formula is C14H30N2O. The van der Waals surface area contributed by atoms with Crippen LogP contribution in [0.15, 0.2) is 0 Å². The van der Waals surface area contributed by atoms with E-state index in [4.69, 9.17) is 10.5 Å². The van der Waals surface area contributed by atoms with Gasteiger partial charge in [0.05, 0.1) is 0 Å². The second kappa shape index (κ2) is 7.34. The Morgan fingerprint density at radius 2 is 1.88 bits per heavy atom. The Labute approximate surface area is 106 Å². The number of rotatable bonds is 7. The minimum absolute atomic E-state index is 0.334. The first-order valence-electron chi connectivity index (χ1n) is 6.99. The Kier molecular flexibility index (Phi) is 6.45. The molecule has 0 spiro atoms. The van der Waals surface area contributed by atoms with Crippen molar-refractivity contribution in [2.24, 2.45) is 17.1 Å². The first kappa shape index (κ1) is 14.9. The number of hydrogen-bond acceptors (Lipinski definition) is 3. The SMILES string of the molecule is COCCC(C)(C)CNCC1CCC(N)CC1. The van der Waals surface area contributed by atoms with Crippen LogP contribution >= 0.6 is 0 Å². The van der Waals surface area contributed by atoms with Crippen LogP contribution in [0, 0.1) is 11.3 Å². The summed E-state index contributed by atoms with van der Waals surface area (Å²) in [7, 11) is 1.77. The highest BCUT2D eigenvalue weighted by molar-refractivity contribution is 4.77. The van der Waals surface area contributed by atoms with Crippen molar-refractivity contribution in [3.8, 4) is 0 Å². The van der Waals surface area contributed by atoms with Crippen LogP contribution in [0.25, 0.3) is 0 Å². The molecule has 3 heteroatoms. The van der Waals surface area contributed by atoms with Gasteiger partial charge in [-0.05, 0) is 50.0 Å². The van der Waals surface area contributed by atoms with Crippen molar-refractivity contribution >= 4 is 0 Å². The molecule has 0 aliphatic heterocycles. The van der Waals surface area contributed by atoms with Crippen molar-refractivity contribution in [1.82, 2.24) is 5.32 Å². The molecule has 0 atom stereocenters. The number of nitrogens with two attached hydrogens (primary N) is 1. The predicted molar refractivity (Wildman–Crippen MR) is 73.1 cm³/mol. The van der Waals surface area contributed by atoms with Crippen LogP contribution in [-0.2, 0) is 4.74 Å². The highest BCUT2D eigenvalue weighted by atomic mass is 16.5. The van der Waals surface area contributed by atoms with Crippen molar-refractivity contribution in [3.63, 3.8) is 0 Å². The summed E-state index contributed by atoms with van der Waals surface area (Å²) >= 11 is 0. The van der Waals surface area contributed by atoms with Gasteiger partial charge in [-0.2, -0.15) is 0 Å². The van der Waals surface area contributed by atoms with Gasteiger partial charge < -0.3 is 15.8 Å². The van der Waals surface area contributed by atoms with Crippen molar-refractivity contribution in [1.29, 1.82) is 0 Å². The van der Waals surface area contributed by atoms with E-state index in [1.54, 1.807) is 7.11 Å². The maximum Gasteiger partial charge on any atom is 0.0467 e. The average Bonchev–Trinajstić information content (AvgIpc) is 2.29. The zero-order valence-corrected chi connectivity index (χ0v) is 11.8. The van der Waals surface area contributed by atoms with E-state index < -0.39 is 0 Å². The first-order chi connectivity index (χ1) is 8.03. The highest BCUT2D eigenvalue weighted by Gasteiger charge is 2.20. The molecule has 0 radical (unpaired) electrons. The minimum atomic E-state index is 0.334. The molecule has 1 fully saturated rings. The highest BCUT2D eigenvalue weighted by Crippen LogP contribution is 2.23. The smallest absolute Gasteiger partial charge is 0.0467 e. The van der Waals surface area contributed by atoms with Gasteiger partial charge in [-0.1, -0.05) is 13.8 Å². The van der Waals surface area contributed by atoms with E-state index in [0.717, 1.165) is 32.0 Å². The lowest BCUT2D eigenvalue weighted by Gasteiger charge is -2.29. The molecule has 102 valence electrons. The van der Waals surface area contributed by atoms with Crippen LogP contribution in [0.5, 0.6) is 0 Å². The van der Waals surface area contributed by atoms with Crippen LogP contribution in [0.4, 0.5) is 0 Å². The lowest BCUT2D eigenvalue weighted by molar-refractivity contribution is 0.149. The lowest BCUT2D eigenvalue weighted by atomic mass is 9.85. The second-order valence-electron chi connectivity index (χ2n) is 6.32. The fourth-order valence-electron chi connectivity index (χ4n) is 2.47. The first-order valence-corrected chi connectivity index (χ1v) is 6.99. The Morgan fingerprint density at radius 3 is 2.47 bits per heavy atom. The number of methoxy groups -OCH3 is 1. The van der Waals surface area contributed by atoms with Crippen molar-refractivity contribution in [3.05, 3.63) is 0 Å². The number of nitrogens with one attached hydrogen (secondary N) is 1. The van der Waals surface area contributed by atoms with E-state index in [1.165, 1.54) is 25.7 Å². The van der Waals surface area contributed by atoms with Gasteiger partial charge in [-0.15, -0.1) is 0 Å². The minimum Gasteiger partial charge on any atom is -0.385 e. The molecule has 1 rings (SSSR count). The lowest BCUT2D eigenvalue weighted by Crippen LogP contribution is -2.36. The van der Waals surface area contributed by atoms with Gasteiger partial charge in [-0.25, -0.2) is 0 Å². The van der Waals surface area contributed by atoms with Crippen molar-refractivity contribution < 1.29 is 4.74 Å². The van der Waals surface area contributed by atoms with Crippen LogP contribution in [0.2, 0.25) is 0 Å². The molecule has 0 bridgehead atoms. The molecule has 0 aromatic carbocycles. The zero-order valence-electron chi connectivity index (χ0n) is 11.8. The summed E-state index contributed by atoms with van der Waals surface area (Å²) in [6.45, 7) is 7.70. The molecule has 3 N–H and O–H groups in total. The topological polar surface area (TPSA) is 47.3 Å². The fourth-order valence-corrected chi connectivity index (χ4v) is 2.47. The fraction of sp³-hybridized carbons (Fsp3) is 1.00. The third-order valence-electron chi connectivity index (χ3n) is 3.91. The molecule has 1 aliphatic carbocycles. The van der Waals surface area contributed by atoms with Gasteiger partial charge in [-0.3, -0.25) is 0 Å². The normalized spacial score (nSPS) is 26.1. The standard InChI is InChI=1S/C14H30N2O/c1-14(2,8-9-17-3)11-16-10-12-4-6-13(15)7-5-12/h12-13,16H,4-11,15H2,1-3H3. The Bertz CT molecular complexity index is 198. The van der Waals surface area contributed by atoms with Gasteiger partial charge in [0.1, 0.15) is 0 Å². The zero-order chi connectivity index (χ0) is 12.7. The van der Waals surface area contributed by atoms with Gasteiger partial charge in [0.25, 0.3) is 0 Å². The summed E-state index contributed by atoms with van der Waals surface area (Å²) in [5.74, 6) is 0.841. The predicted octanol–water partition coefficient (Wildman–Crippen LogP) is 2.16. The third-order valence-corrected chi connectivity index (χ3v) is 3.91. The van der Waals surface area contributed by atoms with Gasteiger partial charge in [0.15, 0.2) is 0 Å². The van der Waals surface area contributed by atoms with E-state index in [9.17, 15) is 0 Å². The number of hydrogen-bond donors (Lipinski definition) is 2. The summed E-state index contributed by atoms with van der Waals surface area (Å²) in [6.07, 6.45) is 6.13. The molecule has 17 heavy (non-hydrogen) atoms.